The third kappa shape index (κ3) is 6.82. The Balaban J connectivity index is 1.81. The van der Waals surface area contributed by atoms with Gasteiger partial charge in [-0.05, 0) is 55.2 Å². The SMILES string of the molecule is CC(C)CNCC(COCC1CC1)Cc1ccccc1Cl. The molecule has 0 radical (unpaired) electrons. The maximum atomic E-state index is 6.29. The van der Waals surface area contributed by atoms with E-state index < -0.39 is 0 Å². The topological polar surface area (TPSA) is 21.3 Å². The van der Waals surface area contributed by atoms with Gasteiger partial charge in [-0.25, -0.2) is 0 Å². The molecule has 1 aromatic carbocycles. The van der Waals surface area contributed by atoms with Crippen molar-refractivity contribution >= 4 is 11.6 Å². The summed E-state index contributed by atoms with van der Waals surface area (Å²) in [5.74, 6) is 2.00. The Labute approximate surface area is 134 Å². The minimum atomic E-state index is 0.488. The molecule has 1 aliphatic carbocycles. The Morgan fingerprint density at radius 2 is 2.00 bits per heavy atom. The van der Waals surface area contributed by atoms with Gasteiger partial charge in [-0.1, -0.05) is 43.6 Å². The summed E-state index contributed by atoms with van der Waals surface area (Å²) < 4.78 is 5.91. The number of halogens is 1. The lowest BCUT2D eigenvalue weighted by molar-refractivity contribution is 0.0905. The van der Waals surface area contributed by atoms with E-state index in [1.807, 2.05) is 12.1 Å². The maximum Gasteiger partial charge on any atom is 0.0509 e. The van der Waals surface area contributed by atoms with Gasteiger partial charge in [0.15, 0.2) is 0 Å². The predicted molar refractivity (Wildman–Crippen MR) is 89.9 cm³/mol. The maximum absolute atomic E-state index is 6.29. The van der Waals surface area contributed by atoms with Crippen LogP contribution in [0.1, 0.15) is 32.3 Å². The number of nitrogens with one attached hydrogen (secondary N) is 1. The number of hydrogen-bond acceptors (Lipinski definition) is 2. The number of benzene rings is 1. The van der Waals surface area contributed by atoms with Gasteiger partial charge in [-0.3, -0.25) is 0 Å². The van der Waals surface area contributed by atoms with Gasteiger partial charge in [-0.2, -0.15) is 0 Å². The van der Waals surface area contributed by atoms with Gasteiger partial charge >= 0.3 is 0 Å². The van der Waals surface area contributed by atoms with Crippen LogP contribution < -0.4 is 5.32 Å². The minimum absolute atomic E-state index is 0.488. The molecule has 0 saturated heterocycles. The molecule has 0 aromatic heterocycles. The molecule has 1 aliphatic rings. The third-order valence-electron chi connectivity index (χ3n) is 3.86. The van der Waals surface area contributed by atoms with Crippen molar-refractivity contribution in [1.82, 2.24) is 5.32 Å². The van der Waals surface area contributed by atoms with E-state index in [0.717, 1.165) is 43.7 Å². The fourth-order valence-corrected chi connectivity index (χ4v) is 2.64. The lowest BCUT2D eigenvalue weighted by Crippen LogP contribution is -2.30. The molecule has 1 fully saturated rings. The van der Waals surface area contributed by atoms with Crippen molar-refractivity contribution in [3.63, 3.8) is 0 Å². The van der Waals surface area contributed by atoms with E-state index in [4.69, 9.17) is 16.3 Å². The average Bonchev–Trinajstić information content (AvgIpc) is 3.25. The Kier molecular flexibility index (Phi) is 7.01. The summed E-state index contributed by atoms with van der Waals surface area (Å²) in [5.41, 5.74) is 1.23. The van der Waals surface area contributed by atoms with E-state index in [2.05, 4.69) is 31.3 Å². The molecule has 0 amide bonds. The molecule has 0 aliphatic heterocycles. The van der Waals surface area contributed by atoms with Crippen LogP contribution in [0, 0.1) is 17.8 Å². The summed E-state index contributed by atoms with van der Waals surface area (Å²) in [6.07, 6.45) is 3.68. The van der Waals surface area contributed by atoms with Gasteiger partial charge in [0.2, 0.25) is 0 Å². The Morgan fingerprint density at radius 3 is 2.67 bits per heavy atom. The van der Waals surface area contributed by atoms with Crippen LogP contribution in [0.5, 0.6) is 0 Å². The van der Waals surface area contributed by atoms with E-state index in [-0.39, 0.29) is 0 Å². The molecular weight excluding hydrogens is 282 g/mol. The second-order valence-electron chi connectivity index (χ2n) is 6.69. The van der Waals surface area contributed by atoms with Gasteiger partial charge in [-0.15, -0.1) is 0 Å². The highest BCUT2D eigenvalue weighted by atomic mass is 35.5. The van der Waals surface area contributed by atoms with Gasteiger partial charge in [0.05, 0.1) is 6.61 Å². The van der Waals surface area contributed by atoms with Crippen LogP contribution in [-0.2, 0) is 11.2 Å². The van der Waals surface area contributed by atoms with E-state index in [1.54, 1.807) is 0 Å². The van der Waals surface area contributed by atoms with Crippen LogP contribution in [0.4, 0.5) is 0 Å². The standard InChI is InChI=1S/C18H28ClNO/c1-14(2)10-20-11-16(13-21-12-15-7-8-15)9-17-5-3-4-6-18(17)19/h3-6,14-16,20H,7-13H2,1-2H3. The molecule has 1 N–H and O–H groups in total. The van der Waals surface area contributed by atoms with E-state index in [1.165, 1.54) is 18.4 Å². The van der Waals surface area contributed by atoms with Crippen molar-refractivity contribution < 1.29 is 4.74 Å². The predicted octanol–water partition coefficient (Wildman–Crippen LogP) is 4.17. The van der Waals surface area contributed by atoms with Gasteiger partial charge in [0, 0.05) is 18.2 Å². The zero-order chi connectivity index (χ0) is 15.1. The third-order valence-corrected chi connectivity index (χ3v) is 4.22. The number of hydrogen-bond donors (Lipinski definition) is 1. The summed E-state index contributed by atoms with van der Waals surface area (Å²) in [6, 6.07) is 8.14. The van der Waals surface area contributed by atoms with Crippen molar-refractivity contribution in [2.45, 2.75) is 33.1 Å². The van der Waals surface area contributed by atoms with Crippen molar-refractivity contribution in [1.29, 1.82) is 0 Å². The highest BCUT2D eigenvalue weighted by molar-refractivity contribution is 6.31. The lowest BCUT2D eigenvalue weighted by Gasteiger charge is -2.19. The van der Waals surface area contributed by atoms with Crippen LogP contribution in [-0.4, -0.2) is 26.3 Å². The molecule has 1 atom stereocenters. The number of ether oxygens (including phenoxy) is 1. The molecular formula is C18H28ClNO. The van der Waals surface area contributed by atoms with Crippen LogP contribution in [0.3, 0.4) is 0 Å². The highest BCUT2D eigenvalue weighted by Gasteiger charge is 2.22. The summed E-state index contributed by atoms with van der Waals surface area (Å²) >= 11 is 6.29. The summed E-state index contributed by atoms with van der Waals surface area (Å²) in [5, 5.41) is 4.42. The summed E-state index contributed by atoms with van der Waals surface area (Å²) in [4.78, 5) is 0. The van der Waals surface area contributed by atoms with Gasteiger partial charge in [0.1, 0.15) is 0 Å². The first-order valence-corrected chi connectivity index (χ1v) is 8.54. The zero-order valence-electron chi connectivity index (χ0n) is 13.3. The Morgan fingerprint density at radius 1 is 1.24 bits per heavy atom. The quantitative estimate of drug-likeness (QED) is 0.700. The molecule has 0 heterocycles. The van der Waals surface area contributed by atoms with Crippen molar-refractivity contribution in [2.75, 3.05) is 26.3 Å². The normalized spacial score (nSPS) is 16.4. The molecule has 0 spiro atoms. The average molecular weight is 310 g/mol. The lowest BCUT2D eigenvalue weighted by atomic mass is 9.99. The fourth-order valence-electron chi connectivity index (χ4n) is 2.43. The van der Waals surface area contributed by atoms with Crippen LogP contribution >= 0.6 is 11.6 Å². The van der Waals surface area contributed by atoms with E-state index >= 15 is 0 Å². The van der Waals surface area contributed by atoms with Crippen LogP contribution in [0.25, 0.3) is 0 Å². The first kappa shape index (κ1) is 16.8. The molecule has 2 nitrogen and oxygen atoms in total. The van der Waals surface area contributed by atoms with E-state index in [0.29, 0.717) is 11.8 Å². The molecule has 0 bridgehead atoms. The summed E-state index contributed by atoms with van der Waals surface area (Å²) in [7, 11) is 0. The molecule has 3 heteroatoms. The Bertz CT molecular complexity index is 409. The first-order chi connectivity index (χ1) is 10.1. The monoisotopic (exact) mass is 309 g/mol. The van der Waals surface area contributed by atoms with Crippen LogP contribution in [0.15, 0.2) is 24.3 Å². The molecule has 118 valence electrons. The van der Waals surface area contributed by atoms with Crippen molar-refractivity contribution in [3.8, 4) is 0 Å². The van der Waals surface area contributed by atoms with Crippen molar-refractivity contribution in [2.24, 2.45) is 17.8 Å². The zero-order valence-corrected chi connectivity index (χ0v) is 14.0. The second-order valence-corrected chi connectivity index (χ2v) is 7.10. The molecule has 1 unspecified atom stereocenters. The summed E-state index contributed by atoms with van der Waals surface area (Å²) in [6.45, 7) is 8.28. The van der Waals surface area contributed by atoms with Crippen LogP contribution in [0.2, 0.25) is 5.02 Å². The van der Waals surface area contributed by atoms with Gasteiger partial charge in [0.25, 0.3) is 0 Å². The second kappa shape index (κ2) is 8.77. The highest BCUT2D eigenvalue weighted by Crippen LogP contribution is 2.29. The smallest absolute Gasteiger partial charge is 0.0509 e. The van der Waals surface area contributed by atoms with Crippen molar-refractivity contribution in [3.05, 3.63) is 34.9 Å². The van der Waals surface area contributed by atoms with E-state index in [9.17, 15) is 0 Å². The number of rotatable bonds is 10. The minimum Gasteiger partial charge on any atom is -0.381 e. The molecule has 21 heavy (non-hydrogen) atoms. The van der Waals surface area contributed by atoms with Gasteiger partial charge < -0.3 is 10.1 Å². The largest absolute Gasteiger partial charge is 0.381 e. The Hall–Kier alpha value is -0.570. The fraction of sp³-hybridized carbons (Fsp3) is 0.667. The molecule has 1 saturated carbocycles. The first-order valence-electron chi connectivity index (χ1n) is 8.17. The molecule has 2 rings (SSSR count). The molecule has 1 aromatic rings.